The van der Waals surface area contributed by atoms with Crippen LogP contribution in [0.5, 0.6) is 0 Å². The lowest BCUT2D eigenvalue weighted by molar-refractivity contribution is -0.131. The van der Waals surface area contributed by atoms with E-state index in [2.05, 4.69) is 10.3 Å². The zero-order chi connectivity index (χ0) is 16.6. The fraction of sp³-hybridized carbons (Fsp3) is 0.438. The number of carbonyl (C=O) groups is 2. The van der Waals surface area contributed by atoms with Crippen molar-refractivity contribution in [1.29, 1.82) is 0 Å². The largest absolute Gasteiger partial charge is 0.397 e. The van der Waals surface area contributed by atoms with Crippen molar-refractivity contribution in [1.82, 2.24) is 15.2 Å². The third-order valence-corrected chi connectivity index (χ3v) is 5.38. The zero-order valence-electron chi connectivity index (χ0n) is 13.3. The van der Waals surface area contributed by atoms with Crippen LogP contribution >= 0.6 is 11.3 Å². The molecule has 1 fully saturated rings. The van der Waals surface area contributed by atoms with Gasteiger partial charge in [-0.05, 0) is 25.0 Å². The average Bonchev–Trinajstić information content (AvgIpc) is 3.18. The van der Waals surface area contributed by atoms with Gasteiger partial charge in [0.1, 0.15) is 9.71 Å². The summed E-state index contributed by atoms with van der Waals surface area (Å²) in [5.74, 6) is -0.0400. The van der Waals surface area contributed by atoms with Crippen LogP contribution in [-0.4, -0.2) is 35.3 Å². The van der Waals surface area contributed by atoms with Crippen LogP contribution < -0.4 is 11.1 Å². The lowest BCUT2D eigenvalue weighted by Crippen LogP contribution is -2.30. The van der Waals surface area contributed by atoms with Crippen LogP contribution in [0.25, 0.3) is 10.2 Å². The third-order valence-electron chi connectivity index (χ3n) is 4.27. The maximum atomic E-state index is 12.1. The molecule has 1 saturated heterocycles. The van der Waals surface area contributed by atoms with Gasteiger partial charge in [-0.2, -0.15) is 0 Å². The lowest BCUT2D eigenvalue weighted by atomic mass is 10.1. The number of anilines is 1. The van der Waals surface area contributed by atoms with Crippen LogP contribution in [-0.2, 0) is 4.79 Å². The monoisotopic (exact) mass is 332 g/mol. The van der Waals surface area contributed by atoms with Gasteiger partial charge in [-0.3, -0.25) is 9.59 Å². The molecular formula is C16H20N4O2S. The van der Waals surface area contributed by atoms with Crippen LogP contribution in [0.3, 0.4) is 0 Å². The minimum Gasteiger partial charge on any atom is -0.397 e. The first-order chi connectivity index (χ1) is 11.1. The topological polar surface area (TPSA) is 88.3 Å². The molecule has 0 radical (unpaired) electrons. The van der Waals surface area contributed by atoms with Gasteiger partial charge in [-0.1, -0.05) is 6.92 Å². The Bertz CT molecular complexity index is 771. The Hall–Kier alpha value is -2.15. The number of likely N-dealkylation sites (tertiary alicyclic amines) is 1. The molecule has 6 nitrogen and oxygen atoms in total. The van der Waals surface area contributed by atoms with Gasteiger partial charge in [0, 0.05) is 25.4 Å². The highest BCUT2D eigenvalue weighted by Gasteiger charge is 2.30. The second kappa shape index (κ2) is 6.16. The summed E-state index contributed by atoms with van der Waals surface area (Å²) in [6, 6.07) is 3.85. The molecule has 0 unspecified atom stereocenters. The normalized spacial score (nSPS) is 17.7. The quantitative estimate of drug-likeness (QED) is 0.903. The van der Waals surface area contributed by atoms with Crippen molar-refractivity contribution in [3.8, 4) is 0 Å². The van der Waals surface area contributed by atoms with Crippen molar-refractivity contribution in [3.05, 3.63) is 22.7 Å². The smallest absolute Gasteiger partial charge is 0.263 e. The summed E-state index contributed by atoms with van der Waals surface area (Å²) >= 11 is 1.29. The number of carbonyl (C=O) groups excluding carboxylic acids is 2. The number of rotatable bonds is 3. The Morgan fingerprint density at radius 3 is 2.96 bits per heavy atom. The number of hydrogen-bond acceptors (Lipinski definition) is 5. The highest BCUT2D eigenvalue weighted by atomic mass is 32.1. The number of amides is 2. The molecule has 7 heteroatoms. The van der Waals surface area contributed by atoms with E-state index in [-0.39, 0.29) is 17.9 Å². The summed E-state index contributed by atoms with van der Waals surface area (Å²) in [6.45, 7) is 2.66. The first-order valence-corrected chi connectivity index (χ1v) is 8.59. The summed E-state index contributed by atoms with van der Waals surface area (Å²) in [5.41, 5.74) is 7.41. The number of thiophene rings is 1. The molecule has 0 bridgehead atoms. The fourth-order valence-electron chi connectivity index (χ4n) is 3.06. The standard InChI is InChI=1S/C16H20N4O2S/c1-3-12(21)20-8-4-5-11(20)10-7-6-9-13(17)14(15(22)18-2)23-16(9)19-10/h6-7,11H,3-5,8,17H2,1-2H3,(H,18,22)/t11-/m0/s1. The van der Waals surface area contributed by atoms with E-state index >= 15 is 0 Å². The Morgan fingerprint density at radius 1 is 1.48 bits per heavy atom. The van der Waals surface area contributed by atoms with Crippen molar-refractivity contribution in [3.63, 3.8) is 0 Å². The van der Waals surface area contributed by atoms with Gasteiger partial charge in [0.05, 0.1) is 17.4 Å². The zero-order valence-corrected chi connectivity index (χ0v) is 14.1. The Labute approximate surface area is 138 Å². The summed E-state index contributed by atoms with van der Waals surface area (Å²) < 4.78 is 0. The summed E-state index contributed by atoms with van der Waals surface area (Å²) in [4.78, 5) is 31.8. The van der Waals surface area contributed by atoms with Crippen LogP contribution in [0.1, 0.15) is 47.6 Å². The second-order valence-corrected chi connectivity index (χ2v) is 6.61. The van der Waals surface area contributed by atoms with E-state index < -0.39 is 0 Å². The van der Waals surface area contributed by atoms with Gasteiger partial charge in [0.25, 0.3) is 5.91 Å². The van der Waals surface area contributed by atoms with Crippen molar-refractivity contribution in [2.45, 2.75) is 32.2 Å². The van der Waals surface area contributed by atoms with Gasteiger partial charge in [0.2, 0.25) is 5.91 Å². The van der Waals surface area contributed by atoms with E-state index in [1.54, 1.807) is 7.05 Å². The Balaban J connectivity index is 2.00. The van der Waals surface area contributed by atoms with Gasteiger partial charge in [0.15, 0.2) is 0 Å². The van der Waals surface area contributed by atoms with Crippen molar-refractivity contribution < 1.29 is 9.59 Å². The van der Waals surface area contributed by atoms with Crippen molar-refractivity contribution in [2.24, 2.45) is 0 Å². The van der Waals surface area contributed by atoms with Gasteiger partial charge in [-0.25, -0.2) is 4.98 Å². The highest BCUT2D eigenvalue weighted by Crippen LogP contribution is 2.36. The first kappa shape index (κ1) is 15.7. The SMILES string of the molecule is CCC(=O)N1CCC[C@H]1c1ccc2c(N)c(C(=O)NC)sc2n1. The van der Waals surface area contributed by atoms with E-state index in [0.717, 1.165) is 35.3 Å². The minimum absolute atomic E-state index is 0.0265. The van der Waals surface area contributed by atoms with E-state index in [1.807, 2.05) is 24.0 Å². The van der Waals surface area contributed by atoms with Crippen LogP contribution in [0, 0.1) is 0 Å². The molecule has 2 aromatic rings. The molecule has 122 valence electrons. The molecule has 2 aromatic heterocycles. The maximum absolute atomic E-state index is 12.1. The van der Waals surface area contributed by atoms with E-state index in [0.29, 0.717) is 17.0 Å². The predicted octanol–water partition coefficient (Wildman–Crippen LogP) is 2.31. The number of hydrogen-bond donors (Lipinski definition) is 2. The van der Waals surface area contributed by atoms with Crippen LogP contribution in [0.4, 0.5) is 5.69 Å². The summed E-state index contributed by atoms with van der Waals surface area (Å²) in [7, 11) is 1.58. The molecule has 3 N–H and O–H groups in total. The highest BCUT2D eigenvalue weighted by molar-refractivity contribution is 7.21. The van der Waals surface area contributed by atoms with Gasteiger partial charge in [-0.15, -0.1) is 11.3 Å². The van der Waals surface area contributed by atoms with Gasteiger partial charge >= 0.3 is 0 Å². The molecule has 0 saturated carbocycles. The lowest BCUT2D eigenvalue weighted by Gasteiger charge is -2.23. The Kier molecular flexibility index (Phi) is 4.21. The number of nitrogens with zero attached hydrogens (tertiary/aromatic N) is 2. The number of nitrogens with one attached hydrogen (secondary N) is 1. The number of fused-ring (bicyclic) bond motifs is 1. The fourth-order valence-corrected chi connectivity index (χ4v) is 4.10. The molecule has 0 spiro atoms. The molecule has 23 heavy (non-hydrogen) atoms. The second-order valence-electron chi connectivity index (χ2n) is 5.61. The van der Waals surface area contributed by atoms with E-state index in [1.165, 1.54) is 11.3 Å². The van der Waals surface area contributed by atoms with Crippen LogP contribution in [0.2, 0.25) is 0 Å². The molecule has 2 amide bonds. The molecule has 1 aliphatic heterocycles. The van der Waals surface area contributed by atoms with Crippen molar-refractivity contribution in [2.75, 3.05) is 19.3 Å². The Morgan fingerprint density at radius 2 is 2.26 bits per heavy atom. The summed E-state index contributed by atoms with van der Waals surface area (Å²) in [6.07, 6.45) is 2.42. The number of aromatic nitrogens is 1. The molecule has 3 heterocycles. The molecule has 1 aliphatic rings. The third kappa shape index (κ3) is 2.65. The van der Waals surface area contributed by atoms with Gasteiger partial charge < -0.3 is 16.0 Å². The minimum atomic E-state index is -0.198. The predicted molar refractivity (Wildman–Crippen MR) is 91.4 cm³/mol. The number of pyridine rings is 1. The van der Waals surface area contributed by atoms with E-state index in [4.69, 9.17) is 5.73 Å². The number of nitrogen functional groups attached to an aromatic ring is 1. The van der Waals surface area contributed by atoms with Crippen LogP contribution in [0.15, 0.2) is 12.1 Å². The first-order valence-electron chi connectivity index (χ1n) is 7.77. The van der Waals surface area contributed by atoms with Crippen molar-refractivity contribution >= 4 is 39.1 Å². The summed E-state index contributed by atoms with van der Waals surface area (Å²) in [5, 5.41) is 3.39. The maximum Gasteiger partial charge on any atom is 0.263 e. The molecule has 3 rings (SSSR count). The van der Waals surface area contributed by atoms with E-state index in [9.17, 15) is 9.59 Å². The molecular weight excluding hydrogens is 312 g/mol. The number of nitrogens with two attached hydrogens (primary N) is 1. The molecule has 0 aliphatic carbocycles. The average molecular weight is 332 g/mol. The molecule has 1 atom stereocenters. The molecule has 0 aromatic carbocycles.